The molecule has 4 rings (SSSR count). The van der Waals surface area contributed by atoms with E-state index in [4.69, 9.17) is 4.43 Å². The Balaban J connectivity index is 1.90. The summed E-state index contributed by atoms with van der Waals surface area (Å²) in [6.45, 7) is 6.39. The number of hydrogen-bond donors (Lipinski definition) is 0. The molecule has 4 aromatic rings. The van der Waals surface area contributed by atoms with Crippen molar-refractivity contribution in [2.75, 3.05) is 0 Å². The lowest BCUT2D eigenvalue weighted by molar-refractivity contribution is 0.142. The molecule has 0 atom stereocenters. The molecule has 120 valence electrons. The first-order chi connectivity index (χ1) is 11.5. The van der Waals surface area contributed by atoms with E-state index in [0.717, 1.165) is 0 Å². The predicted molar refractivity (Wildman–Crippen MR) is 108 cm³/mol. The van der Waals surface area contributed by atoms with E-state index >= 15 is 0 Å². The molecule has 0 fully saturated rings. The van der Waals surface area contributed by atoms with Crippen LogP contribution in [0.2, 0.25) is 0 Å². The van der Waals surface area contributed by atoms with Gasteiger partial charge < -0.3 is 4.43 Å². The fourth-order valence-electron chi connectivity index (χ4n) is 3.20. The number of rotatable bonds is 2. The van der Waals surface area contributed by atoms with Gasteiger partial charge in [0.15, 0.2) is 9.76 Å². The number of fused-ring (bicyclic) bond motifs is 3. The van der Waals surface area contributed by atoms with Gasteiger partial charge in [0.05, 0.1) is 0 Å². The number of benzene rings is 4. The van der Waals surface area contributed by atoms with Crippen LogP contribution in [0.4, 0.5) is 0 Å². The van der Waals surface area contributed by atoms with Crippen molar-refractivity contribution in [1.29, 1.82) is 0 Å². The van der Waals surface area contributed by atoms with Gasteiger partial charge in [-0.15, -0.1) is 0 Å². The van der Waals surface area contributed by atoms with Crippen LogP contribution in [0.25, 0.3) is 32.3 Å². The molecule has 0 aliphatic carbocycles. The largest absolute Gasteiger partial charge is 0.414 e. The van der Waals surface area contributed by atoms with Crippen LogP contribution in [0.1, 0.15) is 20.8 Å². The third-order valence-electron chi connectivity index (χ3n) is 4.45. The van der Waals surface area contributed by atoms with Crippen LogP contribution in [0.3, 0.4) is 0 Å². The molecule has 24 heavy (non-hydrogen) atoms. The highest BCUT2D eigenvalue weighted by molar-refractivity contribution is 6.51. The first-order valence-corrected chi connectivity index (χ1v) is 9.76. The Morgan fingerprint density at radius 3 is 1.92 bits per heavy atom. The van der Waals surface area contributed by atoms with Crippen molar-refractivity contribution in [3.05, 3.63) is 66.7 Å². The molecule has 0 unspecified atom stereocenters. The molecule has 0 saturated heterocycles. The fraction of sp³-hybridized carbons (Fsp3) is 0.182. The standard InChI is InChI=1S/C22H22OSi/c1-22(2,3)23-24-21-10-6-9-17-13-18-11-15-7-4-5-8-16(15)12-19(18)14-20(17)21/h4-14H,24H2,1-3H3. The maximum Gasteiger partial charge on any atom is 0.193 e. The topological polar surface area (TPSA) is 9.23 Å². The van der Waals surface area contributed by atoms with Gasteiger partial charge in [-0.1, -0.05) is 42.5 Å². The van der Waals surface area contributed by atoms with Crippen LogP contribution in [0.15, 0.2) is 66.7 Å². The monoisotopic (exact) mass is 330 g/mol. The zero-order chi connectivity index (χ0) is 16.7. The van der Waals surface area contributed by atoms with Crippen LogP contribution in [0, 0.1) is 0 Å². The lowest BCUT2D eigenvalue weighted by atomic mass is 10.00. The zero-order valence-electron chi connectivity index (χ0n) is 14.5. The van der Waals surface area contributed by atoms with Crippen molar-refractivity contribution in [1.82, 2.24) is 0 Å². The van der Waals surface area contributed by atoms with E-state index in [1.165, 1.54) is 37.5 Å². The molecule has 0 N–H and O–H groups in total. The molecule has 0 spiro atoms. The van der Waals surface area contributed by atoms with E-state index in [1.54, 1.807) is 0 Å². The van der Waals surface area contributed by atoms with Crippen molar-refractivity contribution >= 4 is 47.3 Å². The summed E-state index contributed by atoms with van der Waals surface area (Å²) in [6, 6.07) is 24.4. The highest BCUT2D eigenvalue weighted by Crippen LogP contribution is 2.26. The fourth-order valence-corrected chi connectivity index (χ4v) is 4.49. The Bertz CT molecular complexity index is 1040. The second kappa shape index (κ2) is 5.73. The van der Waals surface area contributed by atoms with E-state index in [0.29, 0.717) is 0 Å². The SMILES string of the molecule is CC(C)(C)O[SiH2]c1cccc2cc3cc4ccccc4cc3cc12. The Morgan fingerprint density at radius 1 is 0.667 bits per heavy atom. The van der Waals surface area contributed by atoms with Gasteiger partial charge in [0.25, 0.3) is 0 Å². The minimum absolute atomic E-state index is 0.0680. The Kier molecular flexibility index (Phi) is 3.67. The van der Waals surface area contributed by atoms with Crippen LogP contribution in [0.5, 0.6) is 0 Å². The van der Waals surface area contributed by atoms with E-state index in [-0.39, 0.29) is 5.60 Å². The second-order valence-corrected chi connectivity index (χ2v) is 8.78. The lowest BCUT2D eigenvalue weighted by Crippen LogP contribution is -2.28. The van der Waals surface area contributed by atoms with Gasteiger partial charge in [-0.25, -0.2) is 0 Å². The Morgan fingerprint density at radius 2 is 1.25 bits per heavy atom. The minimum Gasteiger partial charge on any atom is -0.414 e. The van der Waals surface area contributed by atoms with Crippen LogP contribution in [-0.2, 0) is 4.43 Å². The van der Waals surface area contributed by atoms with E-state index < -0.39 is 9.76 Å². The third-order valence-corrected chi connectivity index (χ3v) is 6.39. The van der Waals surface area contributed by atoms with Gasteiger partial charge >= 0.3 is 0 Å². The highest BCUT2D eigenvalue weighted by atomic mass is 28.2. The molecule has 0 aromatic heterocycles. The van der Waals surface area contributed by atoms with Crippen molar-refractivity contribution < 1.29 is 4.43 Å². The molecule has 0 radical (unpaired) electrons. The average molecular weight is 331 g/mol. The smallest absolute Gasteiger partial charge is 0.193 e. The summed E-state index contributed by atoms with van der Waals surface area (Å²) >= 11 is 0. The van der Waals surface area contributed by atoms with Gasteiger partial charge in [-0.05, 0) is 82.5 Å². The quantitative estimate of drug-likeness (QED) is 0.383. The summed E-state index contributed by atoms with van der Waals surface area (Å²) in [4.78, 5) is 0. The third kappa shape index (κ3) is 2.95. The summed E-state index contributed by atoms with van der Waals surface area (Å²) < 4.78 is 6.14. The first-order valence-electron chi connectivity index (χ1n) is 8.48. The molecule has 0 heterocycles. The molecule has 1 nitrogen and oxygen atoms in total. The molecular formula is C22H22OSi. The van der Waals surface area contributed by atoms with Gasteiger partial charge in [0.2, 0.25) is 0 Å². The molecule has 0 amide bonds. The van der Waals surface area contributed by atoms with Crippen LogP contribution >= 0.6 is 0 Å². The summed E-state index contributed by atoms with van der Waals surface area (Å²) in [5, 5.41) is 9.24. The minimum atomic E-state index is -0.745. The predicted octanol–water partition coefficient (Wildman–Crippen LogP) is 4.67. The summed E-state index contributed by atoms with van der Waals surface area (Å²) in [5.41, 5.74) is -0.0680. The Labute approximate surface area is 145 Å². The van der Waals surface area contributed by atoms with Crippen molar-refractivity contribution in [3.63, 3.8) is 0 Å². The average Bonchev–Trinajstić information content (AvgIpc) is 2.55. The second-order valence-electron chi connectivity index (χ2n) is 7.44. The number of hydrogen-bond acceptors (Lipinski definition) is 1. The molecule has 0 saturated carbocycles. The zero-order valence-corrected chi connectivity index (χ0v) is 15.9. The normalized spacial score (nSPS) is 12.8. The van der Waals surface area contributed by atoms with Gasteiger partial charge in [0.1, 0.15) is 0 Å². The molecular weight excluding hydrogens is 308 g/mol. The summed E-state index contributed by atoms with van der Waals surface area (Å²) in [5.74, 6) is 0. The maximum absolute atomic E-state index is 6.14. The highest BCUT2D eigenvalue weighted by Gasteiger charge is 2.12. The van der Waals surface area contributed by atoms with Crippen molar-refractivity contribution in [3.8, 4) is 0 Å². The summed E-state index contributed by atoms with van der Waals surface area (Å²) in [6.07, 6.45) is 0. The summed E-state index contributed by atoms with van der Waals surface area (Å²) in [7, 11) is -0.745. The molecule has 0 aliphatic heterocycles. The maximum atomic E-state index is 6.14. The van der Waals surface area contributed by atoms with Crippen molar-refractivity contribution in [2.45, 2.75) is 26.4 Å². The van der Waals surface area contributed by atoms with Gasteiger partial charge in [-0.3, -0.25) is 0 Å². The van der Waals surface area contributed by atoms with Crippen molar-refractivity contribution in [2.24, 2.45) is 0 Å². The van der Waals surface area contributed by atoms with E-state index in [1.807, 2.05) is 0 Å². The van der Waals surface area contributed by atoms with Gasteiger partial charge in [0, 0.05) is 5.60 Å². The lowest BCUT2D eigenvalue weighted by Gasteiger charge is -2.20. The molecule has 2 heteroatoms. The Hall–Kier alpha value is -2.16. The van der Waals surface area contributed by atoms with E-state index in [2.05, 4.69) is 87.5 Å². The van der Waals surface area contributed by atoms with Crippen LogP contribution < -0.4 is 5.19 Å². The molecule has 4 aromatic carbocycles. The van der Waals surface area contributed by atoms with E-state index in [9.17, 15) is 0 Å². The van der Waals surface area contributed by atoms with Gasteiger partial charge in [-0.2, -0.15) is 0 Å². The first kappa shape index (κ1) is 15.4. The molecule has 0 aliphatic rings. The molecule has 0 bridgehead atoms. The van der Waals surface area contributed by atoms with Crippen LogP contribution in [-0.4, -0.2) is 15.4 Å².